The van der Waals surface area contributed by atoms with Crippen molar-refractivity contribution in [1.82, 2.24) is 4.90 Å². The standard InChI is InChI=1S/C26H26N6O2/c27-15-6-7-16(28)20-19(15)24(33)21-17(29)12-18-23(22(21)25(20)34)31-26(30-18)8-10-32(11-9-26)13-14-4-2-1-3-5-14/h1-7,12,30-31H,8-11,13,27-29H2. The van der Waals surface area contributed by atoms with Crippen LogP contribution in [-0.4, -0.2) is 35.2 Å². The van der Waals surface area contributed by atoms with Crippen molar-refractivity contribution in [1.29, 1.82) is 0 Å². The molecule has 0 amide bonds. The number of nitrogens with zero attached hydrogens (tertiary/aromatic N) is 1. The second-order valence-electron chi connectivity index (χ2n) is 9.38. The van der Waals surface area contributed by atoms with Gasteiger partial charge in [-0.05, 0) is 23.8 Å². The minimum atomic E-state index is -0.401. The van der Waals surface area contributed by atoms with E-state index in [0.29, 0.717) is 5.69 Å². The smallest absolute Gasteiger partial charge is 0.198 e. The average Bonchev–Trinajstić information content (AvgIpc) is 3.18. The number of ketones is 2. The lowest BCUT2D eigenvalue weighted by Crippen LogP contribution is -2.51. The van der Waals surface area contributed by atoms with Gasteiger partial charge in [-0.25, -0.2) is 0 Å². The van der Waals surface area contributed by atoms with E-state index in [1.807, 2.05) is 6.07 Å². The number of carbonyl (C=O) groups is 2. The van der Waals surface area contributed by atoms with Gasteiger partial charge in [0.25, 0.3) is 0 Å². The quantitative estimate of drug-likeness (QED) is 0.291. The zero-order valence-corrected chi connectivity index (χ0v) is 18.7. The number of nitrogen functional groups attached to an aromatic ring is 3. The van der Waals surface area contributed by atoms with Crippen LogP contribution in [0.4, 0.5) is 28.4 Å². The predicted octanol–water partition coefficient (Wildman–Crippen LogP) is 3.04. The number of anilines is 5. The number of likely N-dealkylation sites (tertiary alicyclic amines) is 1. The van der Waals surface area contributed by atoms with Crippen LogP contribution in [0.5, 0.6) is 0 Å². The second kappa shape index (κ2) is 7.23. The molecule has 6 rings (SSSR count). The van der Waals surface area contributed by atoms with Gasteiger partial charge in [0, 0.05) is 49.5 Å². The molecular formula is C26H26N6O2. The molecule has 0 bridgehead atoms. The summed E-state index contributed by atoms with van der Waals surface area (Å²) in [5.74, 6) is -0.694. The predicted molar refractivity (Wildman–Crippen MR) is 134 cm³/mol. The summed E-state index contributed by atoms with van der Waals surface area (Å²) >= 11 is 0. The van der Waals surface area contributed by atoms with Gasteiger partial charge < -0.3 is 27.8 Å². The van der Waals surface area contributed by atoms with Crippen molar-refractivity contribution >= 4 is 40.0 Å². The summed E-state index contributed by atoms with van der Waals surface area (Å²) in [7, 11) is 0. The van der Waals surface area contributed by atoms with Gasteiger partial charge in [0.2, 0.25) is 0 Å². The highest BCUT2D eigenvalue weighted by Gasteiger charge is 2.45. The maximum absolute atomic E-state index is 13.6. The van der Waals surface area contributed by atoms with Gasteiger partial charge in [-0.15, -0.1) is 0 Å². The first-order chi connectivity index (χ1) is 16.4. The Labute approximate surface area is 197 Å². The second-order valence-corrected chi connectivity index (χ2v) is 9.38. The molecule has 8 nitrogen and oxygen atoms in total. The molecule has 1 fully saturated rings. The summed E-state index contributed by atoms with van der Waals surface area (Å²) in [6.07, 6.45) is 1.66. The monoisotopic (exact) mass is 454 g/mol. The van der Waals surface area contributed by atoms with Gasteiger partial charge in [0.1, 0.15) is 5.66 Å². The Kier molecular flexibility index (Phi) is 4.37. The highest BCUT2D eigenvalue weighted by molar-refractivity contribution is 6.35. The summed E-state index contributed by atoms with van der Waals surface area (Å²) in [6, 6.07) is 15.3. The van der Waals surface area contributed by atoms with Crippen molar-refractivity contribution in [3.05, 3.63) is 76.3 Å². The largest absolute Gasteiger partial charge is 0.398 e. The fourth-order valence-corrected chi connectivity index (χ4v) is 5.49. The number of benzene rings is 3. The first-order valence-electron chi connectivity index (χ1n) is 11.4. The summed E-state index contributed by atoms with van der Waals surface area (Å²) in [5.41, 5.74) is 22.2. The van der Waals surface area contributed by atoms with Crippen LogP contribution in [0.15, 0.2) is 48.5 Å². The number of nitrogens with one attached hydrogen (secondary N) is 2. The molecule has 3 aromatic carbocycles. The molecule has 8 N–H and O–H groups in total. The van der Waals surface area contributed by atoms with Crippen LogP contribution in [0.2, 0.25) is 0 Å². The number of nitrogens with two attached hydrogens (primary N) is 3. The van der Waals surface area contributed by atoms with E-state index in [0.717, 1.165) is 38.2 Å². The number of carbonyl (C=O) groups excluding carboxylic acids is 2. The summed E-state index contributed by atoms with van der Waals surface area (Å²) in [4.78, 5) is 29.5. The molecule has 1 aliphatic carbocycles. The van der Waals surface area contributed by atoms with E-state index in [4.69, 9.17) is 17.2 Å². The Balaban J connectivity index is 1.32. The molecule has 0 saturated carbocycles. The van der Waals surface area contributed by atoms with E-state index >= 15 is 0 Å². The summed E-state index contributed by atoms with van der Waals surface area (Å²) in [6.45, 7) is 2.68. The van der Waals surface area contributed by atoms with Gasteiger partial charge in [-0.1, -0.05) is 30.3 Å². The van der Waals surface area contributed by atoms with Crippen LogP contribution in [-0.2, 0) is 6.54 Å². The molecule has 2 heterocycles. The fraction of sp³-hybridized carbons (Fsp3) is 0.231. The normalized spacial score (nSPS) is 18.1. The maximum atomic E-state index is 13.6. The Morgan fingerprint density at radius 3 is 2.00 bits per heavy atom. The van der Waals surface area contributed by atoms with Crippen molar-refractivity contribution in [2.75, 3.05) is 40.9 Å². The van der Waals surface area contributed by atoms with Crippen LogP contribution < -0.4 is 27.8 Å². The molecule has 0 unspecified atom stereocenters. The Morgan fingerprint density at radius 2 is 1.35 bits per heavy atom. The van der Waals surface area contributed by atoms with Crippen LogP contribution >= 0.6 is 0 Å². The molecule has 3 aromatic rings. The lowest BCUT2D eigenvalue weighted by Gasteiger charge is -2.40. The van der Waals surface area contributed by atoms with Crippen molar-refractivity contribution in [2.24, 2.45) is 0 Å². The third kappa shape index (κ3) is 2.95. The average molecular weight is 455 g/mol. The first-order valence-corrected chi connectivity index (χ1v) is 11.4. The molecule has 0 aromatic heterocycles. The molecule has 1 saturated heterocycles. The topological polar surface area (TPSA) is 139 Å². The molecule has 1 spiro atoms. The fourth-order valence-electron chi connectivity index (χ4n) is 5.49. The maximum Gasteiger partial charge on any atom is 0.198 e. The van der Waals surface area contributed by atoms with Gasteiger partial charge in [-0.2, -0.15) is 0 Å². The van der Waals surface area contributed by atoms with Crippen molar-refractivity contribution in [3.8, 4) is 0 Å². The van der Waals surface area contributed by atoms with Crippen molar-refractivity contribution in [3.63, 3.8) is 0 Å². The highest BCUT2D eigenvalue weighted by Crippen LogP contribution is 2.48. The Bertz CT molecular complexity index is 1360. The third-order valence-electron chi connectivity index (χ3n) is 7.23. The third-order valence-corrected chi connectivity index (χ3v) is 7.23. The zero-order valence-electron chi connectivity index (χ0n) is 18.7. The van der Waals surface area contributed by atoms with Crippen LogP contribution in [0.3, 0.4) is 0 Å². The Hall–Kier alpha value is -4.04. The van der Waals surface area contributed by atoms with Gasteiger partial charge >= 0.3 is 0 Å². The number of hydrogen-bond donors (Lipinski definition) is 5. The molecule has 2 aliphatic heterocycles. The summed E-state index contributed by atoms with van der Waals surface area (Å²) in [5, 5.41) is 7.14. The van der Waals surface area contributed by atoms with E-state index in [1.54, 1.807) is 18.2 Å². The van der Waals surface area contributed by atoms with E-state index in [-0.39, 0.29) is 50.9 Å². The molecule has 8 heteroatoms. The van der Waals surface area contributed by atoms with E-state index in [2.05, 4.69) is 39.8 Å². The molecular weight excluding hydrogens is 428 g/mol. The van der Waals surface area contributed by atoms with Crippen molar-refractivity contribution < 1.29 is 9.59 Å². The lowest BCUT2D eigenvalue weighted by atomic mass is 9.80. The molecule has 3 aliphatic rings. The number of rotatable bonds is 2. The number of piperidine rings is 1. The van der Waals surface area contributed by atoms with E-state index < -0.39 is 5.66 Å². The van der Waals surface area contributed by atoms with Crippen molar-refractivity contribution in [2.45, 2.75) is 25.0 Å². The zero-order chi connectivity index (χ0) is 23.6. The van der Waals surface area contributed by atoms with E-state index in [1.165, 1.54) is 5.56 Å². The first kappa shape index (κ1) is 20.6. The molecule has 0 radical (unpaired) electrons. The lowest BCUT2D eigenvalue weighted by molar-refractivity contribution is 0.0981. The van der Waals surface area contributed by atoms with Crippen LogP contribution in [0.25, 0.3) is 0 Å². The molecule has 172 valence electrons. The molecule has 34 heavy (non-hydrogen) atoms. The van der Waals surface area contributed by atoms with Gasteiger partial charge in [0.05, 0.1) is 33.6 Å². The van der Waals surface area contributed by atoms with E-state index in [9.17, 15) is 9.59 Å². The number of hydrogen-bond acceptors (Lipinski definition) is 8. The minimum Gasteiger partial charge on any atom is -0.398 e. The highest BCUT2D eigenvalue weighted by atomic mass is 16.1. The van der Waals surface area contributed by atoms with Gasteiger partial charge in [0.15, 0.2) is 11.6 Å². The summed E-state index contributed by atoms with van der Waals surface area (Å²) < 4.78 is 0. The van der Waals surface area contributed by atoms with Crippen LogP contribution in [0, 0.1) is 0 Å². The van der Waals surface area contributed by atoms with Crippen LogP contribution in [0.1, 0.15) is 50.2 Å². The molecule has 0 atom stereocenters. The SMILES string of the molecule is Nc1ccc(N)c2c1C(=O)c1c(N)cc3c(c1C2=O)NC1(CCN(Cc2ccccc2)CC1)N3. The number of fused-ring (bicyclic) bond motifs is 4. The van der Waals surface area contributed by atoms with Gasteiger partial charge in [-0.3, -0.25) is 14.5 Å². The minimum absolute atomic E-state index is 0.138. The Morgan fingerprint density at radius 1 is 0.765 bits per heavy atom.